The first-order valence-electron chi connectivity index (χ1n) is 5.46. The van der Waals surface area contributed by atoms with Gasteiger partial charge in [0.2, 0.25) is 5.56 Å². The van der Waals surface area contributed by atoms with Crippen LogP contribution in [0.3, 0.4) is 0 Å². The summed E-state index contributed by atoms with van der Waals surface area (Å²) in [4.78, 5) is 17.7. The molecule has 0 radical (unpaired) electrons. The van der Waals surface area contributed by atoms with Crippen LogP contribution in [0.25, 0.3) is 11.5 Å². The van der Waals surface area contributed by atoms with Gasteiger partial charge >= 0.3 is 0 Å². The molecule has 90 valence electrons. The van der Waals surface area contributed by atoms with Gasteiger partial charge in [-0.1, -0.05) is 12.1 Å². The lowest BCUT2D eigenvalue weighted by atomic mass is 10.2. The maximum absolute atomic E-state index is 10.9. The van der Waals surface area contributed by atoms with E-state index in [9.17, 15) is 4.79 Å². The average molecular weight is 234 g/mol. The lowest BCUT2D eigenvalue weighted by Gasteiger charge is -2.02. The van der Waals surface area contributed by atoms with E-state index in [-0.39, 0.29) is 11.6 Å². The van der Waals surface area contributed by atoms with Gasteiger partial charge in [0.05, 0.1) is 5.56 Å². The zero-order valence-corrected chi connectivity index (χ0v) is 9.51. The van der Waals surface area contributed by atoms with Crippen LogP contribution in [-0.4, -0.2) is 21.2 Å². The van der Waals surface area contributed by atoms with E-state index in [1.165, 1.54) is 6.07 Å². The lowest BCUT2D eigenvalue weighted by molar-refractivity contribution is 0.419. The van der Waals surface area contributed by atoms with Crippen molar-refractivity contribution >= 4 is 0 Å². The van der Waals surface area contributed by atoms with Gasteiger partial charge in [0, 0.05) is 24.7 Å². The molecule has 0 spiro atoms. The molecule has 0 aliphatic heterocycles. The van der Waals surface area contributed by atoms with Crippen molar-refractivity contribution in [1.29, 1.82) is 0 Å². The molecule has 0 aliphatic rings. The molecule has 0 bridgehead atoms. The highest BCUT2D eigenvalue weighted by molar-refractivity contribution is 5.50. The Bertz CT molecular complexity index is 526. The van der Waals surface area contributed by atoms with Crippen molar-refractivity contribution in [2.24, 2.45) is 5.73 Å². The Hall–Kier alpha value is -1.95. The molecule has 0 saturated heterocycles. The summed E-state index contributed by atoms with van der Waals surface area (Å²) in [7, 11) is 0. The van der Waals surface area contributed by atoms with E-state index < -0.39 is 0 Å². The second-order valence-corrected chi connectivity index (χ2v) is 3.83. The second-order valence-electron chi connectivity index (χ2n) is 3.83. The molecule has 3 N–H and O–H groups in total. The Labute approximate surface area is 97.9 Å². The Morgan fingerprint density at radius 1 is 1.53 bits per heavy atom. The molecule has 1 unspecified atom stereocenters. The molecule has 0 fully saturated rings. The van der Waals surface area contributed by atoms with E-state index in [1.54, 1.807) is 12.3 Å². The SMILES string of the molecule is CCC(N)Cc1noc(-c2ccc(=O)[nH]c2)n1. The first-order valence-corrected chi connectivity index (χ1v) is 5.46. The predicted molar refractivity (Wildman–Crippen MR) is 62.3 cm³/mol. The fourth-order valence-corrected chi connectivity index (χ4v) is 1.38. The van der Waals surface area contributed by atoms with Gasteiger partial charge in [-0.2, -0.15) is 4.98 Å². The highest BCUT2D eigenvalue weighted by Gasteiger charge is 2.11. The van der Waals surface area contributed by atoms with Gasteiger partial charge in [-0.05, 0) is 12.5 Å². The summed E-state index contributed by atoms with van der Waals surface area (Å²) in [5.74, 6) is 0.972. The van der Waals surface area contributed by atoms with Gasteiger partial charge in [0.25, 0.3) is 5.89 Å². The summed E-state index contributed by atoms with van der Waals surface area (Å²) >= 11 is 0. The van der Waals surface area contributed by atoms with Crippen molar-refractivity contribution < 1.29 is 4.52 Å². The fraction of sp³-hybridized carbons (Fsp3) is 0.364. The Balaban J connectivity index is 2.18. The molecule has 6 nitrogen and oxygen atoms in total. The molecule has 0 saturated carbocycles. The minimum Gasteiger partial charge on any atom is -0.334 e. The van der Waals surface area contributed by atoms with E-state index in [2.05, 4.69) is 15.1 Å². The first kappa shape index (κ1) is 11.5. The molecule has 2 rings (SSSR count). The Morgan fingerprint density at radius 2 is 2.35 bits per heavy atom. The molecular formula is C11H14N4O2. The maximum Gasteiger partial charge on any atom is 0.259 e. The van der Waals surface area contributed by atoms with Crippen molar-refractivity contribution in [3.05, 3.63) is 34.5 Å². The lowest BCUT2D eigenvalue weighted by Crippen LogP contribution is -2.21. The predicted octanol–water partition coefficient (Wildman–Crippen LogP) is 0.705. The van der Waals surface area contributed by atoms with E-state index in [1.807, 2.05) is 6.92 Å². The van der Waals surface area contributed by atoms with Crippen LogP contribution in [0.2, 0.25) is 0 Å². The Kier molecular flexibility index (Phi) is 3.34. The quantitative estimate of drug-likeness (QED) is 0.811. The number of pyridine rings is 1. The van der Waals surface area contributed by atoms with E-state index in [0.717, 1.165) is 6.42 Å². The largest absolute Gasteiger partial charge is 0.334 e. The van der Waals surface area contributed by atoms with Crippen molar-refractivity contribution in [2.45, 2.75) is 25.8 Å². The van der Waals surface area contributed by atoms with Gasteiger partial charge in [0.1, 0.15) is 0 Å². The summed E-state index contributed by atoms with van der Waals surface area (Å²) in [6.07, 6.45) is 2.99. The van der Waals surface area contributed by atoms with Crippen molar-refractivity contribution in [3.8, 4) is 11.5 Å². The zero-order chi connectivity index (χ0) is 12.3. The summed E-state index contributed by atoms with van der Waals surface area (Å²) in [5, 5.41) is 3.84. The first-order chi connectivity index (χ1) is 8.19. The van der Waals surface area contributed by atoms with E-state index in [0.29, 0.717) is 23.7 Å². The number of nitrogens with one attached hydrogen (secondary N) is 1. The molecule has 2 aromatic rings. The highest BCUT2D eigenvalue weighted by atomic mass is 16.5. The number of hydrogen-bond donors (Lipinski definition) is 2. The third kappa shape index (κ3) is 2.79. The molecule has 0 aliphatic carbocycles. The van der Waals surface area contributed by atoms with Crippen LogP contribution in [0.1, 0.15) is 19.2 Å². The van der Waals surface area contributed by atoms with Gasteiger partial charge < -0.3 is 15.2 Å². The van der Waals surface area contributed by atoms with Gasteiger partial charge in [-0.25, -0.2) is 0 Å². The number of aromatic nitrogens is 3. The van der Waals surface area contributed by atoms with Crippen LogP contribution in [0, 0.1) is 0 Å². The summed E-state index contributed by atoms with van der Waals surface area (Å²) in [6, 6.07) is 3.09. The number of rotatable bonds is 4. The second kappa shape index (κ2) is 4.92. The molecular weight excluding hydrogens is 220 g/mol. The van der Waals surface area contributed by atoms with Gasteiger partial charge in [-0.3, -0.25) is 4.79 Å². The van der Waals surface area contributed by atoms with Gasteiger partial charge in [0.15, 0.2) is 5.82 Å². The summed E-state index contributed by atoms with van der Waals surface area (Å²) < 4.78 is 5.10. The monoisotopic (exact) mass is 234 g/mol. The zero-order valence-electron chi connectivity index (χ0n) is 9.51. The van der Waals surface area contributed by atoms with Crippen molar-refractivity contribution in [2.75, 3.05) is 0 Å². The minimum atomic E-state index is -0.165. The third-order valence-electron chi connectivity index (χ3n) is 2.47. The van der Waals surface area contributed by atoms with Crippen molar-refractivity contribution in [3.63, 3.8) is 0 Å². The number of H-pyrrole nitrogens is 1. The van der Waals surface area contributed by atoms with E-state index >= 15 is 0 Å². The molecule has 0 aromatic carbocycles. The molecule has 17 heavy (non-hydrogen) atoms. The number of aromatic amines is 1. The normalized spacial score (nSPS) is 12.6. The minimum absolute atomic E-state index is 0.0380. The topological polar surface area (TPSA) is 97.8 Å². The van der Waals surface area contributed by atoms with Crippen LogP contribution in [0.5, 0.6) is 0 Å². The maximum atomic E-state index is 10.9. The summed E-state index contributed by atoms with van der Waals surface area (Å²) in [6.45, 7) is 2.01. The van der Waals surface area contributed by atoms with Crippen LogP contribution in [-0.2, 0) is 6.42 Å². The standard InChI is InChI=1S/C11H14N4O2/c1-2-8(12)5-9-14-11(17-15-9)7-3-4-10(16)13-6-7/h3-4,6,8H,2,5,12H2,1H3,(H,13,16). The molecule has 1 atom stereocenters. The molecule has 0 amide bonds. The van der Waals surface area contributed by atoms with Gasteiger partial charge in [-0.15, -0.1) is 0 Å². The highest BCUT2D eigenvalue weighted by Crippen LogP contribution is 2.14. The molecule has 2 heterocycles. The average Bonchev–Trinajstić information content (AvgIpc) is 2.78. The number of hydrogen-bond acceptors (Lipinski definition) is 5. The smallest absolute Gasteiger partial charge is 0.259 e. The van der Waals surface area contributed by atoms with Crippen molar-refractivity contribution in [1.82, 2.24) is 15.1 Å². The Morgan fingerprint density at radius 3 is 3.00 bits per heavy atom. The van der Waals surface area contributed by atoms with Crippen LogP contribution >= 0.6 is 0 Å². The summed E-state index contributed by atoms with van der Waals surface area (Å²) in [5.41, 5.74) is 6.33. The fourth-order valence-electron chi connectivity index (χ4n) is 1.38. The van der Waals surface area contributed by atoms with Crippen LogP contribution < -0.4 is 11.3 Å². The van der Waals surface area contributed by atoms with E-state index in [4.69, 9.17) is 10.3 Å². The molecule has 2 aromatic heterocycles. The molecule has 6 heteroatoms. The van der Waals surface area contributed by atoms with Crippen LogP contribution in [0.15, 0.2) is 27.6 Å². The van der Waals surface area contributed by atoms with Crippen LogP contribution in [0.4, 0.5) is 0 Å². The third-order valence-corrected chi connectivity index (χ3v) is 2.47. The number of nitrogens with two attached hydrogens (primary N) is 1. The number of nitrogens with zero attached hydrogens (tertiary/aromatic N) is 2.